The van der Waals surface area contributed by atoms with E-state index in [-0.39, 0.29) is 11.9 Å². The predicted molar refractivity (Wildman–Crippen MR) is 83.0 cm³/mol. The third-order valence-electron chi connectivity index (χ3n) is 3.07. The smallest absolute Gasteiger partial charge is 0.133 e. The minimum atomic E-state index is -0.308. The lowest BCUT2D eigenvalue weighted by molar-refractivity contribution is 0.412. The van der Waals surface area contributed by atoms with Gasteiger partial charge in [0.2, 0.25) is 0 Å². The summed E-state index contributed by atoms with van der Waals surface area (Å²) < 4.78 is 19.5. The van der Waals surface area contributed by atoms with Crippen LogP contribution in [-0.4, -0.2) is 14.2 Å². The Bertz CT molecular complexity index is 621. The van der Waals surface area contributed by atoms with Crippen LogP contribution in [0.5, 0.6) is 5.75 Å². The fraction of sp³-hybridized carbons (Fsp3) is 0.200. The molecule has 0 aliphatic heterocycles. The second-order valence-electron chi connectivity index (χ2n) is 4.28. The fourth-order valence-electron chi connectivity index (χ4n) is 2.10. The molecule has 2 rings (SSSR count). The largest absolute Gasteiger partial charge is 0.496 e. The molecular formula is C15H14BrClFNO. The highest BCUT2D eigenvalue weighted by Gasteiger charge is 2.17. The molecule has 1 unspecified atom stereocenters. The van der Waals surface area contributed by atoms with Gasteiger partial charge < -0.3 is 10.1 Å². The van der Waals surface area contributed by atoms with Crippen molar-refractivity contribution >= 4 is 27.5 Å². The molecule has 0 aliphatic carbocycles. The Balaban J connectivity index is 2.46. The molecule has 1 atom stereocenters. The van der Waals surface area contributed by atoms with Crippen LogP contribution >= 0.6 is 27.5 Å². The van der Waals surface area contributed by atoms with Crippen LogP contribution < -0.4 is 10.1 Å². The molecule has 0 spiro atoms. The van der Waals surface area contributed by atoms with Gasteiger partial charge in [-0.25, -0.2) is 4.39 Å². The number of hydrogen-bond acceptors (Lipinski definition) is 2. The summed E-state index contributed by atoms with van der Waals surface area (Å²) in [4.78, 5) is 0. The molecule has 106 valence electrons. The number of ether oxygens (including phenoxy) is 1. The van der Waals surface area contributed by atoms with E-state index in [4.69, 9.17) is 16.3 Å². The van der Waals surface area contributed by atoms with E-state index in [0.29, 0.717) is 10.6 Å². The Morgan fingerprint density at radius 3 is 2.60 bits per heavy atom. The molecule has 0 bridgehead atoms. The van der Waals surface area contributed by atoms with Crippen molar-refractivity contribution in [2.75, 3.05) is 14.2 Å². The quantitative estimate of drug-likeness (QED) is 0.865. The number of halogens is 3. The highest BCUT2D eigenvalue weighted by molar-refractivity contribution is 9.10. The molecule has 0 heterocycles. The SMILES string of the molecule is CNC(c1ccc(OC)c(Br)c1)c1cc(F)ccc1Cl. The molecule has 0 aromatic heterocycles. The lowest BCUT2D eigenvalue weighted by Crippen LogP contribution is -2.18. The average Bonchev–Trinajstić information content (AvgIpc) is 2.44. The van der Waals surface area contributed by atoms with E-state index in [1.54, 1.807) is 13.2 Å². The third kappa shape index (κ3) is 3.14. The standard InChI is InChI=1S/C15H14BrClFNO/c1-19-15(11-8-10(18)4-5-13(11)17)9-3-6-14(20-2)12(16)7-9/h3-8,15,19H,1-2H3. The van der Waals surface area contributed by atoms with Crippen molar-refractivity contribution in [1.82, 2.24) is 5.32 Å². The molecule has 1 N–H and O–H groups in total. The third-order valence-corrected chi connectivity index (χ3v) is 4.03. The minimum Gasteiger partial charge on any atom is -0.496 e. The van der Waals surface area contributed by atoms with E-state index in [1.165, 1.54) is 12.1 Å². The van der Waals surface area contributed by atoms with Crippen LogP contribution in [0.1, 0.15) is 17.2 Å². The van der Waals surface area contributed by atoms with Gasteiger partial charge in [-0.3, -0.25) is 0 Å². The van der Waals surface area contributed by atoms with Gasteiger partial charge in [0.1, 0.15) is 11.6 Å². The molecule has 0 fully saturated rings. The first kappa shape index (κ1) is 15.3. The maximum absolute atomic E-state index is 13.4. The van der Waals surface area contributed by atoms with E-state index in [1.807, 2.05) is 25.2 Å². The van der Waals surface area contributed by atoms with E-state index in [2.05, 4.69) is 21.2 Å². The van der Waals surface area contributed by atoms with Gasteiger partial charge in [0.15, 0.2) is 0 Å². The van der Waals surface area contributed by atoms with E-state index >= 15 is 0 Å². The molecule has 0 saturated heterocycles. The van der Waals surface area contributed by atoms with Crippen LogP contribution in [0.25, 0.3) is 0 Å². The van der Waals surface area contributed by atoms with Crippen molar-refractivity contribution in [2.24, 2.45) is 0 Å². The molecule has 0 aliphatic rings. The van der Waals surface area contributed by atoms with Crippen molar-refractivity contribution in [3.8, 4) is 5.75 Å². The first-order chi connectivity index (χ1) is 9.56. The lowest BCUT2D eigenvalue weighted by atomic mass is 9.98. The zero-order valence-electron chi connectivity index (χ0n) is 11.1. The zero-order valence-corrected chi connectivity index (χ0v) is 13.4. The van der Waals surface area contributed by atoms with Crippen LogP contribution in [0, 0.1) is 5.82 Å². The Morgan fingerprint density at radius 1 is 1.25 bits per heavy atom. The molecule has 0 radical (unpaired) electrons. The minimum absolute atomic E-state index is 0.194. The summed E-state index contributed by atoms with van der Waals surface area (Å²) in [6.07, 6.45) is 0. The normalized spacial score (nSPS) is 12.2. The topological polar surface area (TPSA) is 21.3 Å². The Hall–Kier alpha value is -1.10. The van der Waals surface area contributed by atoms with Crippen LogP contribution in [0.15, 0.2) is 40.9 Å². The molecular weight excluding hydrogens is 345 g/mol. The summed E-state index contributed by atoms with van der Waals surface area (Å²) >= 11 is 9.63. The van der Waals surface area contributed by atoms with Crippen molar-refractivity contribution < 1.29 is 9.13 Å². The Labute approximate surface area is 131 Å². The van der Waals surface area contributed by atoms with Gasteiger partial charge in [0.25, 0.3) is 0 Å². The summed E-state index contributed by atoms with van der Waals surface area (Å²) in [7, 11) is 3.42. The number of hydrogen-bond donors (Lipinski definition) is 1. The van der Waals surface area contributed by atoms with Crippen LogP contribution in [0.3, 0.4) is 0 Å². The van der Waals surface area contributed by atoms with Gasteiger partial charge in [-0.15, -0.1) is 0 Å². The average molecular weight is 359 g/mol. The van der Waals surface area contributed by atoms with E-state index < -0.39 is 0 Å². The van der Waals surface area contributed by atoms with Gasteiger partial charge in [0, 0.05) is 5.02 Å². The van der Waals surface area contributed by atoms with Gasteiger partial charge in [-0.05, 0) is 64.4 Å². The van der Waals surface area contributed by atoms with Crippen LogP contribution in [0.2, 0.25) is 5.02 Å². The number of rotatable bonds is 4. The molecule has 2 aromatic carbocycles. The van der Waals surface area contributed by atoms with Crippen molar-refractivity contribution in [3.63, 3.8) is 0 Å². The highest BCUT2D eigenvalue weighted by Crippen LogP contribution is 2.33. The molecule has 20 heavy (non-hydrogen) atoms. The monoisotopic (exact) mass is 357 g/mol. The number of nitrogens with one attached hydrogen (secondary N) is 1. The first-order valence-electron chi connectivity index (χ1n) is 6.02. The molecule has 2 nitrogen and oxygen atoms in total. The molecule has 5 heteroatoms. The summed E-state index contributed by atoms with van der Waals surface area (Å²) in [5.74, 6) is 0.436. The maximum atomic E-state index is 13.4. The van der Waals surface area contributed by atoms with E-state index in [9.17, 15) is 4.39 Å². The second-order valence-corrected chi connectivity index (χ2v) is 5.54. The number of methoxy groups -OCH3 is 1. The number of benzene rings is 2. The van der Waals surface area contributed by atoms with Crippen molar-refractivity contribution in [3.05, 3.63) is 62.8 Å². The van der Waals surface area contributed by atoms with Gasteiger partial charge in [-0.1, -0.05) is 17.7 Å². The first-order valence-corrected chi connectivity index (χ1v) is 7.19. The van der Waals surface area contributed by atoms with Crippen LogP contribution in [0.4, 0.5) is 4.39 Å². The fourth-order valence-corrected chi connectivity index (χ4v) is 2.88. The van der Waals surface area contributed by atoms with Gasteiger partial charge in [0.05, 0.1) is 17.6 Å². The summed E-state index contributed by atoms with van der Waals surface area (Å²) in [5.41, 5.74) is 1.67. The zero-order chi connectivity index (χ0) is 14.7. The molecule has 0 amide bonds. The lowest BCUT2D eigenvalue weighted by Gasteiger charge is -2.19. The van der Waals surface area contributed by atoms with Crippen molar-refractivity contribution in [2.45, 2.75) is 6.04 Å². The maximum Gasteiger partial charge on any atom is 0.133 e. The van der Waals surface area contributed by atoms with Crippen molar-refractivity contribution in [1.29, 1.82) is 0 Å². The van der Waals surface area contributed by atoms with Crippen LogP contribution in [-0.2, 0) is 0 Å². The summed E-state index contributed by atoms with van der Waals surface area (Å²) in [6.45, 7) is 0. The molecule has 2 aromatic rings. The second kappa shape index (κ2) is 6.57. The Morgan fingerprint density at radius 2 is 2.00 bits per heavy atom. The summed E-state index contributed by atoms with van der Waals surface area (Å²) in [6, 6.07) is 9.88. The van der Waals surface area contributed by atoms with Gasteiger partial charge >= 0.3 is 0 Å². The van der Waals surface area contributed by atoms with Gasteiger partial charge in [-0.2, -0.15) is 0 Å². The molecule has 0 saturated carbocycles. The summed E-state index contributed by atoms with van der Waals surface area (Å²) in [5, 5.41) is 3.68. The highest BCUT2D eigenvalue weighted by atomic mass is 79.9. The van der Waals surface area contributed by atoms with E-state index in [0.717, 1.165) is 15.8 Å². The predicted octanol–water partition coefficient (Wildman–Crippen LogP) is 4.56. The Kier molecular flexibility index (Phi) is 5.02.